The Bertz CT molecular complexity index is 523. The average Bonchev–Trinajstić information content (AvgIpc) is 2.41. The minimum absolute atomic E-state index is 0. The maximum atomic E-state index is 13.6. The number of halogens is 3. The molecule has 4 nitrogen and oxygen atoms in total. The van der Waals surface area contributed by atoms with E-state index in [0.717, 1.165) is 0 Å². The quantitative estimate of drug-likeness (QED) is 0.898. The van der Waals surface area contributed by atoms with E-state index >= 15 is 0 Å². The van der Waals surface area contributed by atoms with E-state index < -0.39 is 11.9 Å². The molecule has 1 aliphatic heterocycles. The van der Waals surface area contributed by atoms with E-state index in [-0.39, 0.29) is 49.1 Å². The number of hydrogen-bond acceptors (Lipinski definition) is 3. The summed E-state index contributed by atoms with van der Waals surface area (Å²) in [7, 11) is 0. The molecule has 0 saturated heterocycles. The molecule has 1 heterocycles. The van der Waals surface area contributed by atoms with Crippen molar-refractivity contribution in [1.82, 2.24) is 0 Å². The lowest BCUT2D eigenvalue weighted by Crippen LogP contribution is -2.26. The van der Waals surface area contributed by atoms with Gasteiger partial charge in [0.2, 0.25) is 5.91 Å². The molecule has 20 heavy (non-hydrogen) atoms. The van der Waals surface area contributed by atoms with Crippen molar-refractivity contribution in [2.75, 3.05) is 18.5 Å². The monoisotopic (exact) mass is 304 g/mol. The van der Waals surface area contributed by atoms with Gasteiger partial charge in [0, 0.05) is 12.1 Å². The van der Waals surface area contributed by atoms with E-state index in [1.54, 1.807) is 6.07 Å². The van der Waals surface area contributed by atoms with Gasteiger partial charge in [0.15, 0.2) is 0 Å². The first kappa shape index (κ1) is 16.6. The summed E-state index contributed by atoms with van der Waals surface area (Å²) in [4.78, 5) is 11.5. The fourth-order valence-corrected chi connectivity index (χ4v) is 1.90. The van der Waals surface area contributed by atoms with E-state index in [1.807, 2.05) is 0 Å². The number of carbonyl (C=O) groups is 1. The first-order valence-corrected chi connectivity index (χ1v) is 5.83. The molecule has 0 aromatic heterocycles. The summed E-state index contributed by atoms with van der Waals surface area (Å²) in [5, 5.41) is 2.47. The van der Waals surface area contributed by atoms with Gasteiger partial charge in [-0.2, -0.15) is 0 Å². The number of ether oxygens (including phenoxy) is 1. The zero-order valence-corrected chi connectivity index (χ0v) is 11.4. The van der Waals surface area contributed by atoms with E-state index in [2.05, 4.69) is 5.32 Å². The fraction of sp³-hybridized carbons (Fsp3) is 0.308. The van der Waals surface area contributed by atoms with Crippen molar-refractivity contribution in [3.8, 4) is 0 Å². The van der Waals surface area contributed by atoms with E-state index in [9.17, 15) is 13.6 Å². The van der Waals surface area contributed by atoms with Crippen LogP contribution < -0.4 is 11.1 Å². The number of fused-ring (bicyclic) bond motifs is 1. The number of nitrogens with one attached hydrogen (secondary N) is 1. The van der Waals surface area contributed by atoms with Crippen LogP contribution in [0.2, 0.25) is 0 Å². The maximum absolute atomic E-state index is 13.6. The van der Waals surface area contributed by atoms with E-state index in [1.165, 1.54) is 12.1 Å². The topological polar surface area (TPSA) is 64.3 Å². The van der Waals surface area contributed by atoms with E-state index in [4.69, 9.17) is 10.5 Å². The summed E-state index contributed by atoms with van der Waals surface area (Å²) in [6.07, 6.45) is -0.142. The zero-order valence-electron chi connectivity index (χ0n) is 10.6. The molecular weight excluding hydrogens is 290 g/mol. The molecule has 110 valence electrons. The number of hydrogen-bond donors (Lipinski definition) is 2. The zero-order chi connectivity index (χ0) is 13.8. The number of nitrogens with two attached hydrogens (primary N) is 1. The molecule has 0 aliphatic carbocycles. The Kier molecular flexibility index (Phi) is 6.06. The van der Waals surface area contributed by atoms with Crippen LogP contribution in [0.15, 0.2) is 30.1 Å². The molecule has 0 fully saturated rings. The summed E-state index contributed by atoms with van der Waals surface area (Å²) in [6, 6.07) is 4.47. The van der Waals surface area contributed by atoms with Crippen LogP contribution >= 0.6 is 12.4 Å². The first-order chi connectivity index (χ1) is 9.15. The molecule has 7 heteroatoms. The van der Waals surface area contributed by atoms with Gasteiger partial charge >= 0.3 is 0 Å². The van der Waals surface area contributed by atoms with Crippen molar-refractivity contribution < 1.29 is 18.3 Å². The lowest BCUT2D eigenvalue weighted by atomic mass is 9.99. The Morgan fingerprint density at radius 3 is 2.95 bits per heavy atom. The number of amides is 1. The van der Waals surface area contributed by atoms with Gasteiger partial charge in [0.1, 0.15) is 5.82 Å². The van der Waals surface area contributed by atoms with Gasteiger partial charge in [-0.15, -0.1) is 12.4 Å². The van der Waals surface area contributed by atoms with Crippen molar-refractivity contribution in [3.05, 3.63) is 41.5 Å². The summed E-state index contributed by atoms with van der Waals surface area (Å²) >= 11 is 0. The van der Waals surface area contributed by atoms with Crippen molar-refractivity contribution in [3.63, 3.8) is 0 Å². The molecule has 1 aliphatic rings. The fourth-order valence-electron chi connectivity index (χ4n) is 1.90. The Morgan fingerprint density at radius 2 is 2.30 bits per heavy atom. The van der Waals surface area contributed by atoms with Crippen LogP contribution in [-0.4, -0.2) is 19.1 Å². The molecule has 0 radical (unpaired) electrons. The van der Waals surface area contributed by atoms with E-state index in [0.29, 0.717) is 11.9 Å². The van der Waals surface area contributed by atoms with Gasteiger partial charge in [-0.1, -0.05) is 12.1 Å². The van der Waals surface area contributed by atoms with Crippen molar-refractivity contribution >= 4 is 24.0 Å². The number of rotatable bonds is 4. The Morgan fingerprint density at radius 1 is 1.55 bits per heavy atom. The van der Waals surface area contributed by atoms with Gasteiger partial charge in [-0.25, -0.2) is 8.78 Å². The normalized spacial score (nSPS) is 18.1. The summed E-state index contributed by atoms with van der Waals surface area (Å²) in [5.41, 5.74) is 6.28. The molecule has 0 spiro atoms. The first-order valence-electron chi connectivity index (χ1n) is 5.83. The number of anilines is 1. The van der Waals surface area contributed by atoms with Crippen molar-refractivity contribution in [2.45, 2.75) is 12.5 Å². The van der Waals surface area contributed by atoms with Crippen molar-refractivity contribution in [1.29, 1.82) is 0 Å². The van der Waals surface area contributed by atoms with Crippen LogP contribution in [0.3, 0.4) is 0 Å². The SMILES string of the molecule is Cl.NC/C(=C\F)COC1CC(=O)Nc2c(F)cccc21. The second kappa shape index (κ2) is 7.33. The molecule has 3 N–H and O–H groups in total. The lowest BCUT2D eigenvalue weighted by Gasteiger charge is -2.26. The Hall–Kier alpha value is -1.50. The van der Waals surface area contributed by atoms with Crippen LogP contribution in [0, 0.1) is 5.82 Å². The second-order valence-electron chi connectivity index (χ2n) is 4.23. The largest absolute Gasteiger partial charge is 0.368 e. The second-order valence-corrected chi connectivity index (χ2v) is 4.23. The number of carbonyl (C=O) groups excluding carboxylic acids is 1. The van der Waals surface area contributed by atoms with Crippen LogP contribution in [-0.2, 0) is 9.53 Å². The predicted octanol–water partition coefficient (Wildman–Crippen LogP) is 2.46. The summed E-state index contributed by atoms with van der Waals surface area (Å²) in [5.74, 6) is -0.847. The average molecular weight is 305 g/mol. The Labute approximate surface area is 121 Å². The maximum Gasteiger partial charge on any atom is 0.227 e. The third-order valence-corrected chi connectivity index (χ3v) is 2.91. The molecular formula is C13H15ClF2N2O2. The van der Waals surface area contributed by atoms with Gasteiger partial charge in [0.25, 0.3) is 0 Å². The highest BCUT2D eigenvalue weighted by atomic mass is 35.5. The summed E-state index contributed by atoms with van der Waals surface area (Å²) < 4.78 is 31.4. The van der Waals surface area contributed by atoms with Gasteiger partial charge in [0.05, 0.1) is 31.1 Å². The lowest BCUT2D eigenvalue weighted by molar-refractivity contribution is -0.119. The van der Waals surface area contributed by atoms with Gasteiger partial charge in [-0.05, 0) is 11.6 Å². The molecule has 1 atom stereocenters. The molecule has 1 aromatic rings. The highest BCUT2D eigenvalue weighted by Gasteiger charge is 2.27. The summed E-state index contributed by atoms with van der Waals surface area (Å²) in [6.45, 7) is 0.00627. The van der Waals surface area contributed by atoms with Crippen LogP contribution in [0.5, 0.6) is 0 Å². The molecule has 0 saturated carbocycles. The van der Waals surface area contributed by atoms with Gasteiger partial charge in [-0.3, -0.25) is 4.79 Å². The molecule has 1 aromatic carbocycles. The third kappa shape index (κ3) is 3.53. The van der Waals surface area contributed by atoms with Gasteiger partial charge < -0.3 is 15.8 Å². The molecule has 1 amide bonds. The predicted molar refractivity (Wildman–Crippen MR) is 73.8 cm³/mol. The Balaban J connectivity index is 0.00000200. The van der Waals surface area contributed by atoms with Crippen LogP contribution in [0.25, 0.3) is 0 Å². The third-order valence-electron chi connectivity index (χ3n) is 2.91. The standard InChI is InChI=1S/C13H14F2N2O2.ClH/c14-5-8(6-16)7-19-11-4-12(18)17-13-9(11)2-1-3-10(13)15;/h1-3,5,11H,4,6-7,16H2,(H,17,18);1H/b8-5+;. The van der Waals surface area contributed by atoms with Crippen LogP contribution in [0.4, 0.5) is 14.5 Å². The molecule has 1 unspecified atom stereocenters. The minimum Gasteiger partial charge on any atom is -0.368 e. The number of benzene rings is 1. The highest BCUT2D eigenvalue weighted by molar-refractivity contribution is 5.94. The highest BCUT2D eigenvalue weighted by Crippen LogP contribution is 2.34. The minimum atomic E-state index is -0.596. The van der Waals surface area contributed by atoms with Crippen LogP contribution in [0.1, 0.15) is 18.1 Å². The smallest absolute Gasteiger partial charge is 0.227 e. The molecule has 2 rings (SSSR count). The van der Waals surface area contributed by atoms with Crippen molar-refractivity contribution in [2.24, 2.45) is 5.73 Å². The number of para-hydroxylation sites is 1. The molecule has 0 bridgehead atoms.